The molecule has 0 spiro atoms. The molecular weight excluding hydrogens is 505 g/mol. The molecule has 0 saturated heterocycles. The lowest BCUT2D eigenvalue weighted by Crippen LogP contribution is -2.24. The minimum atomic E-state index is -3.04. The summed E-state index contributed by atoms with van der Waals surface area (Å²) in [5.41, 5.74) is 4.37. The van der Waals surface area contributed by atoms with Gasteiger partial charge >= 0.3 is 0 Å². The predicted molar refractivity (Wildman–Crippen MR) is 170 cm³/mol. The van der Waals surface area contributed by atoms with E-state index in [4.69, 9.17) is 4.98 Å². The molecule has 0 radical (unpaired) electrons. The van der Waals surface area contributed by atoms with Crippen LogP contribution < -0.4 is 15.9 Å². The molecule has 0 aliphatic carbocycles. The Labute approximate surface area is 234 Å². The molecule has 3 heteroatoms. The average Bonchev–Trinajstić information content (AvgIpc) is 3.04. The molecule has 0 N–H and O–H groups in total. The second-order valence-corrected chi connectivity index (χ2v) is 12.7. The number of pyridine rings is 1. The largest absolute Gasteiger partial charge is 0.309 e. The van der Waals surface area contributed by atoms with Gasteiger partial charge in [0, 0.05) is 27.7 Å². The van der Waals surface area contributed by atoms with Crippen LogP contribution in [0.25, 0.3) is 43.9 Å². The molecule has 0 unspecified atom stereocenters. The zero-order chi connectivity index (χ0) is 26.9. The summed E-state index contributed by atoms with van der Waals surface area (Å²) in [5.74, 6) is 0. The van der Waals surface area contributed by atoms with Crippen LogP contribution in [0.3, 0.4) is 0 Å². The third-order valence-electron chi connectivity index (χ3n) is 7.61. The first-order valence-electron chi connectivity index (χ1n) is 13.4. The van der Waals surface area contributed by atoms with Crippen LogP contribution in [0.1, 0.15) is 0 Å². The fraction of sp³-hybridized carbons (Fsp3) is 0. The first-order chi connectivity index (χ1) is 19.7. The molecule has 0 fully saturated rings. The summed E-state index contributed by atoms with van der Waals surface area (Å²) in [6.07, 6.45) is 1.85. The van der Waals surface area contributed by atoms with Crippen molar-refractivity contribution in [3.05, 3.63) is 158 Å². The number of nitrogens with zero attached hydrogens (tertiary/aromatic N) is 1. The highest BCUT2D eigenvalue weighted by Crippen LogP contribution is 2.45. The van der Waals surface area contributed by atoms with Crippen LogP contribution in [-0.4, -0.2) is 4.98 Å². The minimum absolute atomic E-state index is 0.826. The highest BCUT2D eigenvalue weighted by molar-refractivity contribution is 7.85. The minimum Gasteiger partial charge on any atom is -0.309 e. The van der Waals surface area contributed by atoms with Crippen LogP contribution >= 0.6 is 7.14 Å². The molecule has 7 rings (SSSR count). The molecule has 1 heterocycles. The van der Waals surface area contributed by atoms with Crippen molar-refractivity contribution in [2.75, 3.05) is 0 Å². The summed E-state index contributed by atoms with van der Waals surface area (Å²) in [5, 5.41) is 7.17. The molecular formula is C37H26NOP. The second-order valence-electron chi connectivity index (χ2n) is 9.88. The average molecular weight is 532 g/mol. The van der Waals surface area contributed by atoms with E-state index in [-0.39, 0.29) is 0 Å². The second kappa shape index (κ2) is 10.1. The van der Waals surface area contributed by atoms with Crippen LogP contribution in [-0.2, 0) is 4.57 Å². The summed E-state index contributed by atoms with van der Waals surface area (Å²) in [6, 6.07) is 51.2. The van der Waals surface area contributed by atoms with E-state index < -0.39 is 7.14 Å². The summed E-state index contributed by atoms with van der Waals surface area (Å²) in [6.45, 7) is 0. The Balaban J connectivity index is 1.46. The molecule has 0 atom stereocenters. The van der Waals surface area contributed by atoms with Gasteiger partial charge in [-0.1, -0.05) is 140 Å². The number of aromatic nitrogens is 1. The molecule has 7 aromatic rings. The Morgan fingerprint density at radius 2 is 0.825 bits per heavy atom. The van der Waals surface area contributed by atoms with Crippen LogP contribution in [0.2, 0.25) is 0 Å². The third-order valence-corrected chi connectivity index (χ3v) is 10.7. The lowest BCUT2D eigenvalue weighted by atomic mass is 9.87. The zero-order valence-corrected chi connectivity index (χ0v) is 22.7. The van der Waals surface area contributed by atoms with Gasteiger partial charge in [-0.05, 0) is 44.8 Å². The molecule has 6 aromatic carbocycles. The highest BCUT2D eigenvalue weighted by atomic mass is 31.2. The Morgan fingerprint density at radius 1 is 0.400 bits per heavy atom. The first kappa shape index (κ1) is 24.3. The summed E-state index contributed by atoms with van der Waals surface area (Å²) >= 11 is 0. The van der Waals surface area contributed by atoms with E-state index in [1.54, 1.807) is 0 Å². The van der Waals surface area contributed by atoms with E-state index in [0.29, 0.717) is 0 Å². The monoisotopic (exact) mass is 531 g/mol. The van der Waals surface area contributed by atoms with Crippen molar-refractivity contribution in [3.63, 3.8) is 0 Å². The Morgan fingerprint density at radius 3 is 1.30 bits per heavy atom. The van der Waals surface area contributed by atoms with Crippen molar-refractivity contribution in [2.45, 2.75) is 0 Å². The molecule has 190 valence electrons. The van der Waals surface area contributed by atoms with E-state index >= 15 is 0 Å². The summed E-state index contributed by atoms with van der Waals surface area (Å²) < 4.78 is 14.9. The number of rotatable bonds is 5. The molecule has 0 aliphatic rings. The van der Waals surface area contributed by atoms with Crippen LogP contribution in [0.4, 0.5) is 0 Å². The smallest absolute Gasteiger partial charge is 0.171 e. The van der Waals surface area contributed by atoms with E-state index in [2.05, 4.69) is 66.7 Å². The number of hydrogen-bond donors (Lipinski definition) is 0. The van der Waals surface area contributed by atoms with Crippen LogP contribution in [0.5, 0.6) is 0 Å². The van der Waals surface area contributed by atoms with Gasteiger partial charge in [0.1, 0.15) is 0 Å². The normalized spacial score (nSPS) is 11.6. The van der Waals surface area contributed by atoms with Crippen molar-refractivity contribution in [1.82, 2.24) is 4.98 Å². The van der Waals surface area contributed by atoms with Crippen molar-refractivity contribution in [2.24, 2.45) is 0 Å². The quantitative estimate of drug-likeness (QED) is 0.165. The SMILES string of the molecule is O=P(c1ccccc1)(c1ccccc1)c1ccc(-c2c3ccccc3c(-c3ccccn3)c3ccccc23)cc1. The van der Waals surface area contributed by atoms with E-state index in [9.17, 15) is 4.57 Å². The van der Waals surface area contributed by atoms with Crippen molar-refractivity contribution >= 4 is 44.6 Å². The highest BCUT2D eigenvalue weighted by Gasteiger charge is 2.29. The maximum absolute atomic E-state index is 14.9. The Kier molecular flexibility index (Phi) is 6.11. The van der Waals surface area contributed by atoms with E-state index in [1.807, 2.05) is 91.1 Å². The lowest BCUT2D eigenvalue weighted by Gasteiger charge is -2.21. The number of fused-ring (bicyclic) bond motifs is 2. The maximum atomic E-state index is 14.9. The molecule has 0 aliphatic heterocycles. The number of benzene rings is 6. The standard InChI is InChI=1S/C37H26NOP/c39-40(28-13-3-1-4-14-28,29-15-5-2-6-16-29)30-24-22-27(23-25-30)36-31-17-7-9-19-33(31)37(35-21-11-12-26-38-35)34-20-10-8-18-32(34)36/h1-26H. The third kappa shape index (κ3) is 3.97. The van der Waals surface area contributed by atoms with Gasteiger partial charge in [-0.15, -0.1) is 0 Å². The van der Waals surface area contributed by atoms with Gasteiger partial charge in [-0.2, -0.15) is 0 Å². The van der Waals surface area contributed by atoms with E-state index in [1.165, 1.54) is 27.1 Å². The maximum Gasteiger partial charge on any atom is 0.171 e. The summed E-state index contributed by atoms with van der Waals surface area (Å²) in [7, 11) is -3.04. The van der Waals surface area contributed by atoms with Gasteiger partial charge in [-0.3, -0.25) is 4.98 Å². The molecule has 0 bridgehead atoms. The van der Waals surface area contributed by atoms with Crippen molar-refractivity contribution in [3.8, 4) is 22.4 Å². The number of hydrogen-bond acceptors (Lipinski definition) is 2. The van der Waals surface area contributed by atoms with Gasteiger partial charge in [0.05, 0.1) is 5.69 Å². The van der Waals surface area contributed by atoms with Crippen molar-refractivity contribution < 1.29 is 4.57 Å². The van der Waals surface area contributed by atoms with Gasteiger partial charge in [-0.25, -0.2) is 0 Å². The topological polar surface area (TPSA) is 30.0 Å². The molecule has 40 heavy (non-hydrogen) atoms. The fourth-order valence-corrected chi connectivity index (χ4v) is 8.43. The zero-order valence-electron chi connectivity index (χ0n) is 21.8. The van der Waals surface area contributed by atoms with E-state index in [0.717, 1.165) is 32.7 Å². The van der Waals surface area contributed by atoms with Crippen LogP contribution in [0.15, 0.2) is 158 Å². The predicted octanol–water partition coefficient (Wildman–Crippen LogP) is 8.36. The Bertz CT molecular complexity index is 1900. The van der Waals surface area contributed by atoms with Gasteiger partial charge in [0.25, 0.3) is 0 Å². The lowest BCUT2D eigenvalue weighted by molar-refractivity contribution is 0.592. The molecule has 1 aromatic heterocycles. The molecule has 0 saturated carbocycles. The van der Waals surface area contributed by atoms with Gasteiger partial charge in [0.2, 0.25) is 0 Å². The molecule has 2 nitrogen and oxygen atoms in total. The summed E-state index contributed by atoms with van der Waals surface area (Å²) in [4.78, 5) is 4.72. The first-order valence-corrected chi connectivity index (χ1v) is 15.1. The van der Waals surface area contributed by atoms with Gasteiger partial charge < -0.3 is 4.57 Å². The van der Waals surface area contributed by atoms with Gasteiger partial charge in [0.15, 0.2) is 7.14 Å². The fourth-order valence-electron chi connectivity index (χ4n) is 5.79. The Hall–Kier alpha value is -4.78. The van der Waals surface area contributed by atoms with Crippen LogP contribution in [0, 0.1) is 0 Å². The van der Waals surface area contributed by atoms with Crippen molar-refractivity contribution in [1.29, 1.82) is 0 Å². The molecule has 0 amide bonds.